The Labute approximate surface area is 449 Å². The number of ether oxygens (including phenoxy) is 1. The molecule has 1 amide bonds. The van der Waals surface area contributed by atoms with Crippen molar-refractivity contribution in [2.24, 2.45) is 0 Å². The van der Waals surface area contributed by atoms with E-state index in [0.29, 0.717) is 25.9 Å². The normalized spacial score (nSPS) is 12.8. The molecule has 0 aromatic heterocycles. The van der Waals surface area contributed by atoms with Crippen LogP contribution >= 0.6 is 0 Å². The van der Waals surface area contributed by atoms with E-state index >= 15 is 0 Å². The maximum Gasteiger partial charge on any atom is 0.305 e. The largest absolute Gasteiger partial charge is 0.466 e. The number of unbranched alkanes of at least 4 members (excludes halogenated alkanes) is 43. The Morgan fingerprint density at radius 2 is 0.694 bits per heavy atom. The molecule has 0 aromatic carbocycles. The van der Waals surface area contributed by atoms with Gasteiger partial charge in [0, 0.05) is 12.8 Å². The van der Waals surface area contributed by atoms with Crippen LogP contribution in [0.1, 0.15) is 348 Å². The van der Waals surface area contributed by atoms with Crippen molar-refractivity contribution in [3.05, 3.63) is 36.5 Å². The standard InChI is InChI=1S/C66H125NO5/c1-3-5-7-9-11-13-15-17-19-21-22-23-24-27-30-34-38-42-46-50-54-58-64(69)63(62-68)67-65(70)59-55-51-47-43-39-35-31-28-25-29-33-37-41-45-49-53-57-61-72-66(71)60-56-52-48-44-40-36-32-26-20-18-16-14-12-10-8-6-4-2/h18,20,25,29,37,41,63-64,68-69H,3-17,19,21-24,26-28,30-36,38-40,42-62H2,1-2H3,(H,67,70)/b20-18-,29-25-,41-37-. The molecule has 3 N–H and O–H groups in total. The second kappa shape index (κ2) is 61.6. The van der Waals surface area contributed by atoms with Gasteiger partial charge < -0.3 is 20.3 Å². The van der Waals surface area contributed by atoms with Crippen LogP contribution in [0.5, 0.6) is 0 Å². The fourth-order valence-electron chi connectivity index (χ4n) is 9.96. The van der Waals surface area contributed by atoms with Gasteiger partial charge in [0.15, 0.2) is 0 Å². The second-order valence-electron chi connectivity index (χ2n) is 22.1. The van der Waals surface area contributed by atoms with Crippen molar-refractivity contribution in [3.8, 4) is 0 Å². The summed E-state index contributed by atoms with van der Waals surface area (Å²) in [6, 6.07) is -0.555. The molecule has 0 aliphatic carbocycles. The van der Waals surface area contributed by atoms with E-state index in [1.165, 1.54) is 231 Å². The highest BCUT2D eigenvalue weighted by atomic mass is 16.5. The molecule has 0 rings (SSSR count). The number of aliphatic hydroxyl groups excluding tert-OH is 2. The lowest BCUT2D eigenvalue weighted by atomic mass is 10.0. The zero-order valence-corrected chi connectivity index (χ0v) is 48.4. The van der Waals surface area contributed by atoms with Crippen molar-refractivity contribution in [2.75, 3.05) is 13.2 Å². The lowest BCUT2D eigenvalue weighted by molar-refractivity contribution is -0.143. The first-order valence-corrected chi connectivity index (χ1v) is 32.2. The van der Waals surface area contributed by atoms with Crippen molar-refractivity contribution < 1.29 is 24.5 Å². The topological polar surface area (TPSA) is 95.9 Å². The van der Waals surface area contributed by atoms with Crippen LogP contribution in [-0.2, 0) is 14.3 Å². The summed E-state index contributed by atoms with van der Waals surface area (Å²) in [6.45, 7) is 4.93. The molecule has 424 valence electrons. The van der Waals surface area contributed by atoms with Crippen LogP contribution in [0.25, 0.3) is 0 Å². The Morgan fingerprint density at radius 1 is 0.389 bits per heavy atom. The number of allylic oxidation sites excluding steroid dienone is 6. The number of amides is 1. The maximum atomic E-state index is 12.5. The van der Waals surface area contributed by atoms with Gasteiger partial charge in [0.05, 0.1) is 25.4 Å². The number of hydrogen-bond acceptors (Lipinski definition) is 5. The molecule has 0 saturated carbocycles. The molecule has 0 fully saturated rings. The van der Waals surface area contributed by atoms with E-state index in [-0.39, 0.29) is 18.5 Å². The summed E-state index contributed by atoms with van der Waals surface area (Å²) in [4.78, 5) is 24.6. The van der Waals surface area contributed by atoms with Crippen molar-refractivity contribution in [2.45, 2.75) is 360 Å². The molecular formula is C66H125NO5. The Bertz CT molecular complexity index is 1170. The van der Waals surface area contributed by atoms with Gasteiger partial charge in [-0.05, 0) is 89.9 Å². The van der Waals surface area contributed by atoms with E-state index in [0.717, 1.165) is 83.5 Å². The van der Waals surface area contributed by atoms with E-state index in [9.17, 15) is 19.8 Å². The fraction of sp³-hybridized carbons (Fsp3) is 0.879. The van der Waals surface area contributed by atoms with Crippen LogP contribution < -0.4 is 5.32 Å². The second-order valence-corrected chi connectivity index (χ2v) is 22.1. The molecule has 6 nitrogen and oxygen atoms in total. The Balaban J connectivity index is 3.48. The molecule has 0 bridgehead atoms. The van der Waals surface area contributed by atoms with Crippen LogP contribution in [0.4, 0.5) is 0 Å². The lowest BCUT2D eigenvalue weighted by Crippen LogP contribution is -2.45. The van der Waals surface area contributed by atoms with Gasteiger partial charge >= 0.3 is 5.97 Å². The zero-order valence-electron chi connectivity index (χ0n) is 48.4. The summed E-state index contributed by atoms with van der Waals surface area (Å²) in [6.07, 6.45) is 77.3. The van der Waals surface area contributed by atoms with Gasteiger partial charge in [0.2, 0.25) is 5.91 Å². The molecule has 0 saturated heterocycles. The van der Waals surface area contributed by atoms with Crippen LogP contribution in [0.3, 0.4) is 0 Å². The highest BCUT2D eigenvalue weighted by Crippen LogP contribution is 2.18. The molecule has 6 heteroatoms. The third-order valence-electron chi connectivity index (χ3n) is 14.9. The predicted octanol–water partition coefficient (Wildman–Crippen LogP) is 20.4. The molecule has 0 aliphatic rings. The number of esters is 1. The monoisotopic (exact) mass is 1010 g/mol. The molecule has 2 unspecified atom stereocenters. The molecule has 0 radical (unpaired) electrons. The molecule has 0 aliphatic heterocycles. The highest BCUT2D eigenvalue weighted by Gasteiger charge is 2.20. The van der Waals surface area contributed by atoms with Crippen molar-refractivity contribution in [1.82, 2.24) is 5.32 Å². The van der Waals surface area contributed by atoms with Gasteiger partial charge in [0.25, 0.3) is 0 Å². The number of hydrogen-bond donors (Lipinski definition) is 3. The lowest BCUT2D eigenvalue weighted by Gasteiger charge is -2.22. The first kappa shape index (κ1) is 70.1. The number of aliphatic hydroxyl groups is 2. The maximum absolute atomic E-state index is 12.5. The fourth-order valence-corrected chi connectivity index (χ4v) is 9.96. The molecule has 0 spiro atoms. The third kappa shape index (κ3) is 57.4. The van der Waals surface area contributed by atoms with Crippen LogP contribution in [0.15, 0.2) is 36.5 Å². The first-order chi connectivity index (χ1) is 35.5. The summed E-state index contributed by atoms with van der Waals surface area (Å²) in [5.74, 6) is -0.0666. The predicted molar refractivity (Wildman–Crippen MR) is 315 cm³/mol. The van der Waals surface area contributed by atoms with Gasteiger partial charge in [-0.2, -0.15) is 0 Å². The molecule has 2 atom stereocenters. The summed E-state index contributed by atoms with van der Waals surface area (Å²) in [7, 11) is 0. The van der Waals surface area contributed by atoms with E-state index < -0.39 is 12.1 Å². The minimum absolute atomic E-state index is 0.0182. The van der Waals surface area contributed by atoms with E-state index in [1.54, 1.807) is 0 Å². The van der Waals surface area contributed by atoms with Crippen LogP contribution in [0.2, 0.25) is 0 Å². The summed E-state index contributed by atoms with van der Waals surface area (Å²) >= 11 is 0. The van der Waals surface area contributed by atoms with Gasteiger partial charge in [-0.1, -0.05) is 281 Å². The molecule has 0 aromatic rings. The first-order valence-electron chi connectivity index (χ1n) is 32.2. The van der Waals surface area contributed by atoms with E-state index in [2.05, 4.69) is 55.6 Å². The highest BCUT2D eigenvalue weighted by molar-refractivity contribution is 5.76. The quantitative estimate of drug-likeness (QED) is 0.0320. The number of carbonyl (C=O) groups is 2. The summed E-state index contributed by atoms with van der Waals surface area (Å²) in [5.41, 5.74) is 0. The summed E-state index contributed by atoms with van der Waals surface area (Å²) < 4.78 is 5.47. The van der Waals surface area contributed by atoms with E-state index in [4.69, 9.17) is 4.74 Å². The van der Waals surface area contributed by atoms with Crippen molar-refractivity contribution in [3.63, 3.8) is 0 Å². The van der Waals surface area contributed by atoms with Gasteiger partial charge in [-0.3, -0.25) is 9.59 Å². The molecule has 0 heterocycles. The van der Waals surface area contributed by atoms with Crippen LogP contribution in [0, 0.1) is 0 Å². The van der Waals surface area contributed by atoms with Crippen molar-refractivity contribution in [1.29, 1.82) is 0 Å². The van der Waals surface area contributed by atoms with Crippen molar-refractivity contribution >= 4 is 11.9 Å². The van der Waals surface area contributed by atoms with Crippen LogP contribution in [-0.4, -0.2) is 47.4 Å². The third-order valence-corrected chi connectivity index (χ3v) is 14.9. The average Bonchev–Trinajstić information content (AvgIpc) is 3.38. The Morgan fingerprint density at radius 3 is 1.07 bits per heavy atom. The smallest absolute Gasteiger partial charge is 0.305 e. The Hall–Kier alpha value is -1.92. The average molecular weight is 1010 g/mol. The molecular weight excluding hydrogens is 887 g/mol. The number of rotatable bonds is 60. The minimum atomic E-state index is -0.677. The van der Waals surface area contributed by atoms with E-state index in [1.807, 2.05) is 0 Å². The summed E-state index contributed by atoms with van der Waals surface area (Å²) in [5, 5.41) is 23.4. The van der Waals surface area contributed by atoms with Gasteiger partial charge in [-0.15, -0.1) is 0 Å². The number of nitrogens with one attached hydrogen (secondary N) is 1. The minimum Gasteiger partial charge on any atom is -0.466 e. The number of carbonyl (C=O) groups excluding carboxylic acids is 2. The SMILES string of the molecule is CCCCCCCC/C=C\CCCCCCCCCC(=O)OCCCCC/C=C\C/C=C\CCCCCCCCCC(=O)NC(CO)C(O)CCCCCCCCCCCCCCCCCCCCCCC. The van der Waals surface area contributed by atoms with Gasteiger partial charge in [-0.25, -0.2) is 0 Å². The molecule has 72 heavy (non-hydrogen) atoms. The zero-order chi connectivity index (χ0) is 52.2. The Kier molecular flexibility index (Phi) is 60.0. The van der Waals surface area contributed by atoms with Gasteiger partial charge in [0.1, 0.15) is 0 Å².